The monoisotopic (exact) mass is 769 g/mol. The number of rotatable bonds is 6. The number of nitrogens with zero attached hydrogens (tertiary/aromatic N) is 3. The van der Waals surface area contributed by atoms with E-state index in [9.17, 15) is 4.79 Å². The molecule has 9 aromatic carbocycles. The first-order valence-electron chi connectivity index (χ1n) is 20.2. The fourth-order valence-electron chi connectivity index (χ4n) is 9.15. The van der Waals surface area contributed by atoms with Gasteiger partial charge in [-0.15, -0.1) is 0 Å². The van der Waals surface area contributed by atoms with Crippen LogP contribution in [0.3, 0.4) is 0 Å². The average molecular weight is 770 g/mol. The second-order valence-electron chi connectivity index (χ2n) is 15.3. The standard InChI is InChI=1S/C55H35N3O2/c59-55-44-21-11-13-23-53(44)60-54-35-42(26-28-45(54)55)58-51-30-25-37(36-24-29-50-46(32-36)43-20-10-12-22-49(43)57(50)40-18-8-3-9-19-40)33-47(51)48-34-41(27-31-52(48)58)56(38-14-4-1-5-15-38)39-16-6-2-7-17-39/h1-35H. The Hall–Kier alpha value is -8.15. The molecule has 0 amide bonds. The maximum Gasteiger partial charge on any atom is 0.200 e. The van der Waals surface area contributed by atoms with Crippen LogP contribution in [0.15, 0.2) is 222 Å². The highest BCUT2D eigenvalue weighted by Crippen LogP contribution is 2.42. The molecule has 0 radical (unpaired) electrons. The first-order valence-corrected chi connectivity index (χ1v) is 20.2. The first kappa shape index (κ1) is 33.9. The zero-order valence-corrected chi connectivity index (χ0v) is 32.4. The Labute approximate surface area is 344 Å². The Bertz CT molecular complexity index is 3640. The fraction of sp³-hybridized carbons (Fsp3) is 0. The molecular formula is C55H35N3O2. The van der Waals surface area contributed by atoms with E-state index in [0.717, 1.165) is 61.4 Å². The lowest BCUT2D eigenvalue weighted by molar-refractivity contribution is 0.659. The van der Waals surface area contributed by atoms with Gasteiger partial charge < -0.3 is 18.5 Å². The summed E-state index contributed by atoms with van der Waals surface area (Å²) in [6, 6.07) is 74.0. The molecule has 0 aliphatic heterocycles. The molecule has 0 saturated heterocycles. The zero-order chi connectivity index (χ0) is 39.7. The summed E-state index contributed by atoms with van der Waals surface area (Å²) in [6.45, 7) is 0. The molecule has 0 unspecified atom stereocenters. The maximum atomic E-state index is 13.6. The van der Waals surface area contributed by atoms with Crippen LogP contribution in [0.1, 0.15) is 0 Å². The highest BCUT2D eigenvalue weighted by atomic mass is 16.3. The van der Waals surface area contributed by atoms with Crippen molar-refractivity contribution in [1.82, 2.24) is 9.13 Å². The molecule has 3 heterocycles. The van der Waals surface area contributed by atoms with Gasteiger partial charge in [-0.2, -0.15) is 0 Å². The molecule has 0 N–H and O–H groups in total. The lowest BCUT2D eigenvalue weighted by atomic mass is 10.0. The van der Waals surface area contributed by atoms with E-state index >= 15 is 0 Å². The van der Waals surface area contributed by atoms with E-state index in [4.69, 9.17) is 4.42 Å². The van der Waals surface area contributed by atoms with E-state index in [0.29, 0.717) is 21.9 Å². The number of aromatic nitrogens is 2. The van der Waals surface area contributed by atoms with Gasteiger partial charge in [0, 0.05) is 56.0 Å². The molecule has 5 heteroatoms. The zero-order valence-electron chi connectivity index (χ0n) is 32.4. The SMILES string of the molecule is O=c1c2ccccc2oc2cc(-n3c4ccc(-c5ccc6c(c5)c5ccccc5n6-c5ccccc5)cc4c4cc(N(c5ccccc5)c5ccccc5)ccc43)ccc12. The van der Waals surface area contributed by atoms with Crippen LogP contribution in [0.2, 0.25) is 0 Å². The Morgan fingerprint density at radius 3 is 1.52 bits per heavy atom. The highest BCUT2D eigenvalue weighted by Gasteiger charge is 2.20. The minimum atomic E-state index is -0.0271. The van der Waals surface area contributed by atoms with Gasteiger partial charge >= 0.3 is 0 Å². The van der Waals surface area contributed by atoms with E-state index in [2.05, 4.69) is 184 Å². The van der Waals surface area contributed by atoms with Crippen molar-refractivity contribution in [2.24, 2.45) is 0 Å². The van der Waals surface area contributed by atoms with Gasteiger partial charge in [0.15, 0.2) is 0 Å². The number of hydrogen-bond acceptors (Lipinski definition) is 3. The minimum absolute atomic E-state index is 0.0271. The van der Waals surface area contributed by atoms with Crippen LogP contribution in [0, 0.1) is 0 Å². The molecule has 5 nitrogen and oxygen atoms in total. The summed E-state index contributed by atoms with van der Waals surface area (Å²) in [5, 5.41) is 5.81. The van der Waals surface area contributed by atoms with Gasteiger partial charge in [-0.05, 0) is 120 Å². The van der Waals surface area contributed by atoms with Crippen LogP contribution >= 0.6 is 0 Å². The van der Waals surface area contributed by atoms with Crippen LogP contribution in [-0.2, 0) is 0 Å². The van der Waals surface area contributed by atoms with Gasteiger partial charge in [0.2, 0.25) is 5.43 Å². The highest BCUT2D eigenvalue weighted by molar-refractivity contribution is 6.13. The quantitative estimate of drug-likeness (QED) is 0.158. The van der Waals surface area contributed by atoms with Crippen molar-refractivity contribution in [1.29, 1.82) is 0 Å². The Balaban J connectivity index is 1.09. The summed E-state index contributed by atoms with van der Waals surface area (Å²) in [5.74, 6) is 0. The summed E-state index contributed by atoms with van der Waals surface area (Å²) >= 11 is 0. The van der Waals surface area contributed by atoms with E-state index in [1.165, 1.54) is 21.8 Å². The Morgan fingerprint density at radius 1 is 0.333 bits per heavy atom. The van der Waals surface area contributed by atoms with Crippen molar-refractivity contribution in [3.63, 3.8) is 0 Å². The summed E-state index contributed by atoms with van der Waals surface area (Å²) in [4.78, 5) is 15.9. The second-order valence-corrected chi connectivity index (χ2v) is 15.3. The number of benzene rings is 9. The van der Waals surface area contributed by atoms with Gasteiger partial charge in [0.25, 0.3) is 0 Å². The van der Waals surface area contributed by atoms with Crippen LogP contribution in [0.4, 0.5) is 17.1 Å². The van der Waals surface area contributed by atoms with Crippen molar-refractivity contribution < 1.29 is 4.42 Å². The van der Waals surface area contributed by atoms with Crippen molar-refractivity contribution in [3.05, 3.63) is 223 Å². The van der Waals surface area contributed by atoms with Crippen molar-refractivity contribution >= 4 is 82.6 Å². The Kier molecular flexibility index (Phi) is 7.62. The van der Waals surface area contributed by atoms with Crippen molar-refractivity contribution in [2.45, 2.75) is 0 Å². The molecule has 12 aromatic rings. The van der Waals surface area contributed by atoms with Gasteiger partial charge in [0.05, 0.1) is 32.8 Å². The molecule has 0 bridgehead atoms. The lowest BCUT2D eigenvalue weighted by Crippen LogP contribution is -2.09. The molecule has 12 rings (SSSR count). The van der Waals surface area contributed by atoms with Gasteiger partial charge in [0.1, 0.15) is 11.2 Å². The third kappa shape index (κ3) is 5.30. The van der Waals surface area contributed by atoms with Crippen LogP contribution in [0.5, 0.6) is 0 Å². The van der Waals surface area contributed by atoms with Crippen molar-refractivity contribution in [2.75, 3.05) is 4.90 Å². The lowest BCUT2D eigenvalue weighted by Gasteiger charge is -2.25. The van der Waals surface area contributed by atoms with Crippen LogP contribution in [-0.4, -0.2) is 9.13 Å². The molecule has 0 spiro atoms. The van der Waals surface area contributed by atoms with Crippen LogP contribution in [0.25, 0.3) is 88.1 Å². The number of fused-ring (bicyclic) bond motifs is 8. The molecule has 0 atom stereocenters. The van der Waals surface area contributed by atoms with Gasteiger partial charge in [-0.1, -0.05) is 97.1 Å². The molecule has 0 aliphatic carbocycles. The topological polar surface area (TPSA) is 43.3 Å². The van der Waals surface area contributed by atoms with E-state index in [1.807, 2.05) is 42.5 Å². The number of anilines is 3. The van der Waals surface area contributed by atoms with E-state index in [1.54, 1.807) is 0 Å². The molecular weight excluding hydrogens is 735 g/mol. The average Bonchev–Trinajstić information content (AvgIpc) is 3.82. The summed E-state index contributed by atoms with van der Waals surface area (Å²) in [5.41, 5.74) is 13.1. The summed E-state index contributed by atoms with van der Waals surface area (Å²) < 4.78 is 11.0. The molecule has 282 valence electrons. The van der Waals surface area contributed by atoms with E-state index in [-0.39, 0.29) is 5.43 Å². The normalized spacial score (nSPS) is 11.7. The third-order valence-corrected chi connectivity index (χ3v) is 11.9. The van der Waals surface area contributed by atoms with Crippen LogP contribution < -0.4 is 10.3 Å². The van der Waals surface area contributed by atoms with Gasteiger partial charge in [-0.3, -0.25) is 4.79 Å². The largest absolute Gasteiger partial charge is 0.456 e. The van der Waals surface area contributed by atoms with Crippen molar-refractivity contribution in [3.8, 4) is 22.5 Å². The maximum absolute atomic E-state index is 13.6. The first-order chi connectivity index (χ1) is 29.7. The molecule has 3 aromatic heterocycles. The third-order valence-electron chi connectivity index (χ3n) is 11.9. The number of hydrogen-bond donors (Lipinski definition) is 0. The smallest absolute Gasteiger partial charge is 0.200 e. The predicted molar refractivity (Wildman–Crippen MR) is 249 cm³/mol. The fourth-order valence-corrected chi connectivity index (χ4v) is 9.15. The summed E-state index contributed by atoms with van der Waals surface area (Å²) in [6.07, 6.45) is 0. The molecule has 60 heavy (non-hydrogen) atoms. The minimum Gasteiger partial charge on any atom is -0.456 e. The van der Waals surface area contributed by atoms with Gasteiger partial charge in [-0.25, -0.2) is 0 Å². The molecule has 0 saturated carbocycles. The number of para-hydroxylation sites is 5. The summed E-state index contributed by atoms with van der Waals surface area (Å²) in [7, 11) is 0. The molecule has 0 fully saturated rings. The van der Waals surface area contributed by atoms with E-state index < -0.39 is 0 Å². The second kappa shape index (κ2) is 13.5. The molecule has 0 aliphatic rings. The Morgan fingerprint density at radius 2 is 0.833 bits per heavy atom. The predicted octanol–water partition coefficient (Wildman–Crippen LogP) is 14.3.